The van der Waals surface area contributed by atoms with Gasteiger partial charge in [-0.1, -0.05) is 13.0 Å². The van der Waals surface area contributed by atoms with Gasteiger partial charge in [-0.15, -0.1) is 0 Å². The molecule has 2 aromatic carbocycles. The van der Waals surface area contributed by atoms with Gasteiger partial charge in [0.2, 0.25) is 0 Å². The Hall–Kier alpha value is -2.02. The van der Waals surface area contributed by atoms with Crippen LogP contribution in [0.3, 0.4) is 0 Å². The molecule has 0 spiro atoms. The van der Waals surface area contributed by atoms with Crippen molar-refractivity contribution in [3.63, 3.8) is 0 Å². The van der Waals surface area contributed by atoms with Gasteiger partial charge < -0.3 is 13.9 Å². The van der Waals surface area contributed by atoms with E-state index in [1.165, 1.54) is 3.57 Å². The highest BCUT2D eigenvalue weighted by molar-refractivity contribution is 14.1. The number of benzene rings is 2. The zero-order valence-corrected chi connectivity index (χ0v) is 20.3. The quantitative estimate of drug-likeness (QED) is 0.233. The summed E-state index contributed by atoms with van der Waals surface area (Å²) in [5.41, 5.74) is 5.39. The highest BCUT2D eigenvalue weighted by Crippen LogP contribution is 2.30. The molecular weight excluding hydrogens is 491 g/mol. The van der Waals surface area contributed by atoms with Crippen LogP contribution in [-0.4, -0.2) is 12.6 Å². The number of rotatable bonds is 9. The summed E-state index contributed by atoms with van der Waals surface area (Å²) >= 11 is 2.34. The Morgan fingerprint density at radius 2 is 1.83 bits per heavy atom. The first-order valence-corrected chi connectivity index (χ1v) is 11.6. The largest absolute Gasteiger partial charge is 0.488 e. The maximum absolute atomic E-state index is 11.7. The highest BCUT2D eigenvalue weighted by atomic mass is 127. The predicted octanol–water partition coefficient (Wildman–Crippen LogP) is 6.68. The average Bonchev–Trinajstić information content (AvgIpc) is 3.11. The van der Waals surface area contributed by atoms with E-state index in [1.54, 1.807) is 0 Å². The van der Waals surface area contributed by atoms with Crippen molar-refractivity contribution in [1.82, 2.24) is 0 Å². The fourth-order valence-electron chi connectivity index (χ4n) is 3.62. The van der Waals surface area contributed by atoms with Crippen LogP contribution in [0.1, 0.15) is 54.7 Å². The summed E-state index contributed by atoms with van der Waals surface area (Å²) in [5, 5.41) is 1.13. The Kier molecular flexibility index (Phi) is 7.81. The number of carbonyl (C=O) groups is 1. The Balaban J connectivity index is 1.76. The molecule has 5 heteroatoms. The van der Waals surface area contributed by atoms with Gasteiger partial charge in [0.25, 0.3) is 0 Å². The molecule has 0 bridgehead atoms. The van der Waals surface area contributed by atoms with Crippen LogP contribution in [0.25, 0.3) is 11.0 Å². The molecular formula is C25H29IO4. The first-order valence-electron chi connectivity index (χ1n) is 10.5. The van der Waals surface area contributed by atoms with E-state index in [4.69, 9.17) is 13.9 Å². The van der Waals surface area contributed by atoms with Gasteiger partial charge in [0.15, 0.2) is 0 Å². The predicted molar refractivity (Wildman–Crippen MR) is 128 cm³/mol. The molecule has 0 saturated carbocycles. The molecule has 0 atom stereocenters. The van der Waals surface area contributed by atoms with E-state index in [2.05, 4.69) is 61.6 Å². The monoisotopic (exact) mass is 520 g/mol. The lowest BCUT2D eigenvalue weighted by Crippen LogP contribution is -2.06. The fraction of sp³-hybridized carbons (Fsp3) is 0.400. The maximum Gasteiger partial charge on any atom is 0.306 e. The van der Waals surface area contributed by atoms with Crippen molar-refractivity contribution in [2.24, 2.45) is 0 Å². The highest BCUT2D eigenvalue weighted by Gasteiger charge is 2.13. The summed E-state index contributed by atoms with van der Waals surface area (Å²) in [5.74, 6) is 1.73. The molecule has 0 unspecified atom stereocenters. The molecule has 0 saturated heterocycles. The number of esters is 1. The van der Waals surface area contributed by atoms with E-state index >= 15 is 0 Å². The summed E-state index contributed by atoms with van der Waals surface area (Å²) < 4.78 is 18.5. The summed E-state index contributed by atoms with van der Waals surface area (Å²) in [4.78, 5) is 11.7. The zero-order valence-electron chi connectivity index (χ0n) is 18.1. The van der Waals surface area contributed by atoms with E-state index in [9.17, 15) is 4.79 Å². The fourth-order valence-corrected chi connectivity index (χ4v) is 4.33. The van der Waals surface area contributed by atoms with Crippen LogP contribution < -0.4 is 4.74 Å². The summed E-state index contributed by atoms with van der Waals surface area (Å²) in [6.07, 6.45) is 3.07. The molecule has 1 heterocycles. The van der Waals surface area contributed by atoms with Crippen LogP contribution in [-0.2, 0) is 29.0 Å². The number of halogens is 1. The van der Waals surface area contributed by atoms with E-state index in [-0.39, 0.29) is 5.97 Å². The minimum absolute atomic E-state index is 0.154. The van der Waals surface area contributed by atoms with Crippen LogP contribution in [0.4, 0.5) is 0 Å². The Morgan fingerprint density at radius 3 is 2.57 bits per heavy atom. The second kappa shape index (κ2) is 10.3. The number of carbonyl (C=O) groups excluding carboxylic acids is 1. The van der Waals surface area contributed by atoms with Crippen molar-refractivity contribution in [1.29, 1.82) is 0 Å². The van der Waals surface area contributed by atoms with Gasteiger partial charge in [0, 0.05) is 27.4 Å². The van der Waals surface area contributed by atoms with Crippen molar-refractivity contribution < 1.29 is 18.7 Å². The van der Waals surface area contributed by atoms with Crippen molar-refractivity contribution >= 4 is 39.5 Å². The molecule has 3 rings (SSSR count). The van der Waals surface area contributed by atoms with Gasteiger partial charge in [0.1, 0.15) is 23.7 Å². The molecule has 0 radical (unpaired) electrons. The number of aryl methyl sites for hydroxylation is 2. The Labute approximate surface area is 192 Å². The molecule has 0 fully saturated rings. The first kappa shape index (κ1) is 22.7. The summed E-state index contributed by atoms with van der Waals surface area (Å²) in [6, 6.07) is 10.5. The standard InChI is InChI=1S/C25H29IO4/c1-5-7-22-14-19-12-21(26)13-20(25(19)30-22)15-29-23-10-8-18(16(3)17(23)4)9-11-24(27)28-6-2/h8,10,12-14H,5-7,9,11,15H2,1-4H3. The third-order valence-electron chi connectivity index (χ3n) is 5.34. The smallest absolute Gasteiger partial charge is 0.306 e. The van der Waals surface area contributed by atoms with Crippen LogP contribution in [0.5, 0.6) is 5.75 Å². The van der Waals surface area contributed by atoms with E-state index in [0.717, 1.165) is 57.6 Å². The zero-order chi connectivity index (χ0) is 21.7. The van der Waals surface area contributed by atoms with Crippen molar-refractivity contribution in [3.05, 3.63) is 61.9 Å². The van der Waals surface area contributed by atoms with Gasteiger partial charge >= 0.3 is 5.97 Å². The summed E-state index contributed by atoms with van der Waals surface area (Å²) in [7, 11) is 0. The summed E-state index contributed by atoms with van der Waals surface area (Å²) in [6.45, 7) is 9.00. The molecule has 3 aromatic rings. The van der Waals surface area contributed by atoms with Gasteiger partial charge in [-0.05, 0) is 97.2 Å². The lowest BCUT2D eigenvalue weighted by molar-refractivity contribution is -0.143. The van der Waals surface area contributed by atoms with Crippen LogP contribution in [0, 0.1) is 17.4 Å². The number of hydrogen-bond acceptors (Lipinski definition) is 4. The van der Waals surface area contributed by atoms with E-state index < -0.39 is 0 Å². The third-order valence-corrected chi connectivity index (χ3v) is 5.96. The minimum atomic E-state index is -0.154. The Bertz CT molecular complexity index is 1040. The van der Waals surface area contributed by atoms with Crippen LogP contribution in [0.2, 0.25) is 0 Å². The Morgan fingerprint density at radius 1 is 1.03 bits per heavy atom. The van der Waals surface area contributed by atoms with Crippen LogP contribution in [0.15, 0.2) is 34.7 Å². The normalized spacial score (nSPS) is 11.1. The number of furan rings is 1. The number of fused-ring (bicyclic) bond motifs is 1. The van der Waals surface area contributed by atoms with Gasteiger partial charge in [-0.25, -0.2) is 0 Å². The third kappa shape index (κ3) is 5.36. The average molecular weight is 520 g/mol. The molecule has 30 heavy (non-hydrogen) atoms. The molecule has 160 valence electrons. The topological polar surface area (TPSA) is 48.7 Å². The van der Waals surface area contributed by atoms with Gasteiger partial charge in [0.05, 0.1) is 6.61 Å². The molecule has 0 aliphatic rings. The molecule has 0 N–H and O–H groups in total. The minimum Gasteiger partial charge on any atom is -0.488 e. The molecule has 0 aliphatic carbocycles. The van der Waals surface area contributed by atoms with Crippen LogP contribution >= 0.6 is 22.6 Å². The lowest BCUT2D eigenvalue weighted by atomic mass is 9.99. The number of hydrogen-bond donors (Lipinski definition) is 0. The van der Waals surface area contributed by atoms with E-state index in [1.807, 2.05) is 19.1 Å². The lowest BCUT2D eigenvalue weighted by Gasteiger charge is -2.15. The van der Waals surface area contributed by atoms with Crippen molar-refractivity contribution in [3.8, 4) is 5.75 Å². The maximum atomic E-state index is 11.7. The molecule has 0 aliphatic heterocycles. The SMILES string of the molecule is CCCc1cc2cc(I)cc(COc3ccc(CCC(=O)OCC)c(C)c3C)c2o1. The van der Waals surface area contributed by atoms with Crippen molar-refractivity contribution in [2.45, 2.75) is 60.0 Å². The van der Waals surface area contributed by atoms with Crippen molar-refractivity contribution in [2.75, 3.05) is 6.61 Å². The molecule has 4 nitrogen and oxygen atoms in total. The van der Waals surface area contributed by atoms with Gasteiger partial charge in [-0.3, -0.25) is 4.79 Å². The van der Waals surface area contributed by atoms with Gasteiger partial charge in [-0.2, -0.15) is 0 Å². The second-order valence-corrected chi connectivity index (χ2v) is 8.76. The van der Waals surface area contributed by atoms with E-state index in [0.29, 0.717) is 26.1 Å². The molecule has 1 aromatic heterocycles. The number of ether oxygens (including phenoxy) is 2. The molecule has 0 amide bonds. The first-order chi connectivity index (χ1) is 14.4. The second-order valence-electron chi connectivity index (χ2n) is 7.51.